The van der Waals surface area contributed by atoms with Gasteiger partial charge in [-0.1, -0.05) is 41.6 Å². The molecular formula is C20H18ClFN4OS. The summed E-state index contributed by atoms with van der Waals surface area (Å²) in [5.41, 5.74) is 2.02. The van der Waals surface area contributed by atoms with Gasteiger partial charge < -0.3 is 5.32 Å². The second kappa shape index (κ2) is 7.93. The van der Waals surface area contributed by atoms with Gasteiger partial charge in [0.05, 0.1) is 22.0 Å². The summed E-state index contributed by atoms with van der Waals surface area (Å²) in [6.45, 7) is 1.94. The molecule has 2 aromatic carbocycles. The topological polar surface area (TPSA) is 59.8 Å². The molecule has 1 N–H and O–H groups in total. The van der Waals surface area contributed by atoms with E-state index < -0.39 is 0 Å². The van der Waals surface area contributed by atoms with E-state index in [0.717, 1.165) is 18.4 Å². The van der Waals surface area contributed by atoms with Crippen LogP contribution in [0, 0.1) is 12.7 Å². The Labute approximate surface area is 171 Å². The predicted octanol–water partition coefficient (Wildman–Crippen LogP) is 5.11. The lowest BCUT2D eigenvalue weighted by atomic mass is 10.2. The first-order chi connectivity index (χ1) is 13.5. The standard InChI is InChI=1S/C20H18ClFN4OS/c1-12-6-9-17(15(21)10-12)23-18(27)11-28-20-25-24-19(26(20)13-7-8-13)14-4-2-3-5-16(14)22/h2-6,9-10,13H,7-8,11H2,1H3,(H,23,27). The highest BCUT2D eigenvalue weighted by molar-refractivity contribution is 7.99. The number of benzene rings is 2. The molecule has 5 nitrogen and oxygen atoms in total. The van der Waals surface area contributed by atoms with Gasteiger partial charge in [0.25, 0.3) is 0 Å². The molecule has 1 amide bonds. The number of nitrogens with one attached hydrogen (secondary N) is 1. The summed E-state index contributed by atoms with van der Waals surface area (Å²) < 4.78 is 16.1. The Morgan fingerprint density at radius 3 is 2.79 bits per heavy atom. The van der Waals surface area contributed by atoms with Crippen LogP contribution in [-0.4, -0.2) is 26.4 Å². The van der Waals surface area contributed by atoms with E-state index in [4.69, 9.17) is 11.6 Å². The van der Waals surface area contributed by atoms with Crippen LogP contribution in [0.1, 0.15) is 24.4 Å². The van der Waals surface area contributed by atoms with E-state index in [1.807, 2.05) is 17.6 Å². The van der Waals surface area contributed by atoms with Crippen LogP contribution in [-0.2, 0) is 4.79 Å². The van der Waals surface area contributed by atoms with Crippen LogP contribution in [0.15, 0.2) is 47.6 Å². The van der Waals surface area contributed by atoms with Gasteiger partial charge in [-0.25, -0.2) is 4.39 Å². The van der Waals surface area contributed by atoms with Crippen LogP contribution in [0.5, 0.6) is 0 Å². The Hall–Kier alpha value is -2.38. The van der Waals surface area contributed by atoms with Gasteiger partial charge in [0.15, 0.2) is 11.0 Å². The zero-order valence-electron chi connectivity index (χ0n) is 15.2. The van der Waals surface area contributed by atoms with Gasteiger partial charge in [0, 0.05) is 6.04 Å². The molecule has 8 heteroatoms. The quantitative estimate of drug-likeness (QED) is 0.567. The molecule has 4 rings (SSSR count). The van der Waals surface area contributed by atoms with Gasteiger partial charge in [-0.15, -0.1) is 10.2 Å². The number of halogens is 2. The molecule has 0 atom stereocenters. The largest absolute Gasteiger partial charge is 0.324 e. The molecule has 1 aliphatic carbocycles. The molecule has 0 saturated heterocycles. The highest BCUT2D eigenvalue weighted by Gasteiger charge is 2.31. The predicted molar refractivity (Wildman–Crippen MR) is 109 cm³/mol. The Bertz CT molecular complexity index is 1030. The second-order valence-electron chi connectivity index (χ2n) is 6.71. The van der Waals surface area contributed by atoms with Crippen molar-refractivity contribution in [3.05, 3.63) is 58.9 Å². The first-order valence-electron chi connectivity index (χ1n) is 8.91. The summed E-state index contributed by atoms with van der Waals surface area (Å²) in [6, 6.07) is 12.2. The minimum atomic E-state index is -0.333. The third-order valence-corrected chi connectivity index (χ3v) is 5.68. The van der Waals surface area contributed by atoms with E-state index >= 15 is 0 Å². The molecule has 0 spiro atoms. The average molecular weight is 417 g/mol. The third kappa shape index (κ3) is 4.05. The number of carbonyl (C=O) groups is 1. The molecule has 1 fully saturated rings. The van der Waals surface area contributed by atoms with Crippen LogP contribution < -0.4 is 5.32 Å². The van der Waals surface area contributed by atoms with Crippen molar-refractivity contribution in [2.24, 2.45) is 0 Å². The van der Waals surface area contributed by atoms with E-state index in [1.165, 1.54) is 17.8 Å². The molecule has 0 aliphatic heterocycles. The number of amides is 1. The highest BCUT2D eigenvalue weighted by atomic mass is 35.5. The number of rotatable bonds is 6. The molecule has 144 valence electrons. The zero-order valence-corrected chi connectivity index (χ0v) is 16.7. The summed E-state index contributed by atoms with van der Waals surface area (Å²) in [6.07, 6.45) is 2.00. The van der Waals surface area contributed by atoms with E-state index in [2.05, 4.69) is 15.5 Å². The second-order valence-corrected chi connectivity index (χ2v) is 8.06. The smallest absolute Gasteiger partial charge is 0.234 e. The van der Waals surface area contributed by atoms with E-state index in [9.17, 15) is 9.18 Å². The Morgan fingerprint density at radius 1 is 1.29 bits per heavy atom. The fourth-order valence-corrected chi connectivity index (χ4v) is 3.99. The molecule has 0 unspecified atom stereocenters. The van der Waals surface area contributed by atoms with Gasteiger partial charge in [-0.2, -0.15) is 0 Å². The van der Waals surface area contributed by atoms with Gasteiger partial charge in [-0.05, 0) is 49.6 Å². The maximum Gasteiger partial charge on any atom is 0.234 e. The first-order valence-corrected chi connectivity index (χ1v) is 10.3. The zero-order chi connectivity index (χ0) is 19.7. The van der Waals surface area contributed by atoms with Crippen LogP contribution >= 0.6 is 23.4 Å². The number of nitrogens with zero attached hydrogens (tertiary/aromatic N) is 3. The Kier molecular flexibility index (Phi) is 5.37. The van der Waals surface area contributed by atoms with Crippen molar-refractivity contribution < 1.29 is 9.18 Å². The lowest BCUT2D eigenvalue weighted by molar-refractivity contribution is -0.113. The molecule has 0 bridgehead atoms. The highest BCUT2D eigenvalue weighted by Crippen LogP contribution is 2.41. The molecule has 1 saturated carbocycles. The van der Waals surface area contributed by atoms with E-state index in [1.54, 1.807) is 30.3 Å². The van der Waals surface area contributed by atoms with Gasteiger partial charge in [-0.3, -0.25) is 9.36 Å². The maximum atomic E-state index is 14.2. The number of hydrogen-bond donors (Lipinski definition) is 1. The molecule has 0 radical (unpaired) electrons. The van der Waals surface area contributed by atoms with E-state index in [0.29, 0.717) is 27.3 Å². The van der Waals surface area contributed by atoms with Crippen molar-refractivity contribution in [1.29, 1.82) is 0 Å². The van der Waals surface area contributed by atoms with Crippen molar-refractivity contribution in [3.63, 3.8) is 0 Å². The van der Waals surface area contributed by atoms with E-state index in [-0.39, 0.29) is 23.5 Å². The lowest BCUT2D eigenvalue weighted by Crippen LogP contribution is -2.15. The molecule has 1 aromatic heterocycles. The van der Waals surface area contributed by atoms with Gasteiger partial charge >= 0.3 is 0 Å². The van der Waals surface area contributed by atoms with Crippen molar-refractivity contribution in [2.75, 3.05) is 11.1 Å². The normalized spacial score (nSPS) is 13.5. The minimum Gasteiger partial charge on any atom is -0.324 e. The summed E-state index contributed by atoms with van der Waals surface area (Å²) in [4.78, 5) is 12.3. The SMILES string of the molecule is Cc1ccc(NC(=O)CSc2nnc(-c3ccccc3F)n2C2CC2)c(Cl)c1. The van der Waals surface area contributed by atoms with Crippen molar-refractivity contribution in [2.45, 2.75) is 31.0 Å². The summed E-state index contributed by atoms with van der Waals surface area (Å²) in [5.74, 6) is 0.144. The van der Waals surface area contributed by atoms with Crippen LogP contribution in [0.3, 0.4) is 0 Å². The summed E-state index contributed by atoms with van der Waals surface area (Å²) in [5, 5.41) is 12.3. The van der Waals surface area contributed by atoms with Crippen molar-refractivity contribution in [3.8, 4) is 11.4 Å². The number of anilines is 1. The summed E-state index contributed by atoms with van der Waals surface area (Å²) in [7, 11) is 0. The fourth-order valence-electron chi connectivity index (χ4n) is 2.90. The fraction of sp³-hybridized carbons (Fsp3) is 0.250. The van der Waals surface area contributed by atoms with Crippen LogP contribution in [0.25, 0.3) is 11.4 Å². The number of aryl methyl sites for hydroxylation is 1. The number of thioether (sulfide) groups is 1. The van der Waals surface area contributed by atoms with Crippen LogP contribution in [0.2, 0.25) is 5.02 Å². The Morgan fingerprint density at radius 2 is 2.07 bits per heavy atom. The molecule has 1 heterocycles. The molecule has 3 aromatic rings. The maximum absolute atomic E-state index is 14.2. The van der Waals surface area contributed by atoms with Crippen LogP contribution in [0.4, 0.5) is 10.1 Å². The van der Waals surface area contributed by atoms with Crippen molar-refractivity contribution >= 4 is 35.0 Å². The number of carbonyl (C=O) groups excluding carboxylic acids is 1. The first kappa shape index (κ1) is 19.0. The molecule has 28 heavy (non-hydrogen) atoms. The third-order valence-electron chi connectivity index (χ3n) is 4.42. The molecule has 1 aliphatic rings. The lowest BCUT2D eigenvalue weighted by Gasteiger charge is -2.10. The summed E-state index contributed by atoms with van der Waals surface area (Å²) >= 11 is 7.45. The minimum absolute atomic E-state index is 0.159. The van der Waals surface area contributed by atoms with Gasteiger partial charge in [0.1, 0.15) is 5.82 Å². The number of aromatic nitrogens is 3. The monoisotopic (exact) mass is 416 g/mol. The average Bonchev–Trinajstić information content (AvgIpc) is 3.42. The Balaban J connectivity index is 1.49. The van der Waals surface area contributed by atoms with Crippen molar-refractivity contribution in [1.82, 2.24) is 14.8 Å². The molecular weight excluding hydrogens is 399 g/mol. The number of hydrogen-bond acceptors (Lipinski definition) is 4. The van der Waals surface area contributed by atoms with Gasteiger partial charge in [0.2, 0.25) is 5.91 Å².